The maximum atomic E-state index is 13.7. The van der Waals surface area contributed by atoms with Gasteiger partial charge in [0, 0.05) is 37.8 Å². The standard InChI is InChI=1S/C26H28N2O6/c1-3-33-17-8-9-19-21(16-17)34-25-22(24(19)29)23(18-6-4-5-7-20(18)31-2)28(26(25)30)11-10-27-12-14-32-15-13-27/h4-9,16,23H,3,10-15H2,1-2H3. The predicted molar refractivity (Wildman–Crippen MR) is 127 cm³/mol. The number of methoxy groups -OCH3 is 1. The minimum Gasteiger partial charge on any atom is -0.496 e. The molecular formula is C26H28N2O6. The van der Waals surface area contributed by atoms with Crippen molar-refractivity contribution in [1.29, 1.82) is 0 Å². The van der Waals surface area contributed by atoms with E-state index >= 15 is 0 Å². The maximum Gasteiger partial charge on any atom is 0.290 e. The number of hydrogen-bond acceptors (Lipinski definition) is 7. The van der Waals surface area contributed by atoms with E-state index in [1.54, 1.807) is 30.2 Å². The molecule has 1 saturated heterocycles. The van der Waals surface area contributed by atoms with Crippen molar-refractivity contribution in [3.63, 3.8) is 0 Å². The summed E-state index contributed by atoms with van der Waals surface area (Å²) < 4.78 is 22.7. The summed E-state index contributed by atoms with van der Waals surface area (Å²) in [5, 5.41) is 0.421. The van der Waals surface area contributed by atoms with Gasteiger partial charge in [-0.2, -0.15) is 0 Å². The molecule has 2 aliphatic rings. The van der Waals surface area contributed by atoms with Crippen molar-refractivity contribution in [2.24, 2.45) is 0 Å². The van der Waals surface area contributed by atoms with Crippen LogP contribution >= 0.6 is 0 Å². The number of para-hydroxylation sites is 1. The number of carbonyl (C=O) groups is 1. The van der Waals surface area contributed by atoms with Gasteiger partial charge >= 0.3 is 0 Å². The zero-order valence-corrected chi connectivity index (χ0v) is 19.4. The van der Waals surface area contributed by atoms with Crippen molar-refractivity contribution in [1.82, 2.24) is 9.80 Å². The molecule has 1 atom stereocenters. The van der Waals surface area contributed by atoms with Gasteiger partial charge in [-0.1, -0.05) is 18.2 Å². The number of ether oxygens (including phenoxy) is 3. The maximum absolute atomic E-state index is 13.7. The highest BCUT2D eigenvalue weighted by Gasteiger charge is 2.43. The van der Waals surface area contributed by atoms with Crippen LogP contribution in [-0.4, -0.2) is 68.8 Å². The minimum atomic E-state index is -0.591. The van der Waals surface area contributed by atoms with Gasteiger partial charge in [-0.15, -0.1) is 0 Å². The van der Waals surface area contributed by atoms with Gasteiger partial charge in [-0.25, -0.2) is 0 Å². The molecule has 1 aromatic heterocycles. The molecular weight excluding hydrogens is 436 g/mol. The molecule has 0 radical (unpaired) electrons. The molecule has 0 spiro atoms. The smallest absolute Gasteiger partial charge is 0.290 e. The lowest BCUT2D eigenvalue weighted by Crippen LogP contribution is -2.42. The van der Waals surface area contributed by atoms with E-state index in [1.165, 1.54) is 0 Å². The Balaban J connectivity index is 1.62. The average Bonchev–Trinajstić information content (AvgIpc) is 3.15. The van der Waals surface area contributed by atoms with Crippen LogP contribution in [0.2, 0.25) is 0 Å². The SMILES string of the molecule is CCOc1ccc2c(=O)c3c(oc2c1)C(=O)N(CCN1CCOCC1)C3c1ccccc1OC. The molecule has 34 heavy (non-hydrogen) atoms. The van der Waals surface area contributed by atoms with E-state index in [2.05, 4.69) is 4.90 Å². The first kappa shape index (κ1) is 22.4. The molecule has 0 aliphatic carbocycles. The Hall–Kier alpha value is -3.36. The van der Waals surface area contributed by atoms with Crippen LogP contribution in [0.15, 0.2) is 51.7 Å². The highest BCUT2D eigenvalue weighted by molar-refractivity contribution is 5.99. The van der Waals surface area contributed by atoms with Gasteiger partial charge in [0.15, 0.2) is 5.43 Å². The van der Waals surface area contributed by atoms with E-state index in [-0.39, 0.29) is 17.1 Å². The monoisotopic (exact) mass is 464 g/mol. The second kappa shape index (κ2) is 9.48. The van der Waals surface area contributed by atoms with Crippen molar-refractivity contribution in [3.8, 4) is 11.5 Å². The Morgan fingerprint density at radius 3 is 2.62 bits per heavy atom. The third-order valence-electron chi connectivity index (χ3n) is 6.44. The van der Waals surface area contributed by atoms with E-state index in [1.807, 2.05) is 31.2 Å². The van der Waals surface area contributed by atoms with Crippen LogP contribution in [0.25, 0.3) is 11.0 Å². The summed E-state index contributed by atoms with van der Waals surface area (Å²) in [6, 6.07) is 12.0. The van der Waals surface area contributed by atoms with Crippen LogP contribution < -0.4 is 14.9 Å². The Morgan fingerprint density at radius 2 is 1.85 bits per heavy atom. The Morgan fingerprint density at radius 1 is 1.06 bits per heavy atom. The molecule has 8 heteroatoms. The third kappa shape index (κ3) is 3.93. The van der Waals surface area contributed by atoms with Crippen LogP contribution in [0.3, 0.4) is 0 Å². The molecule has 0 saturated carbocycles. The van der Waals surface area contributed by atoms with Gasteiger partial charge in [-0.3, -0.25) is 14.5 Å². The van der Waals surface area contributed by atoms with Crippen LogP contribution in [-0.2, 0) is 4.74 Å². The van der Waals surface area contributed by atoms with E-state index in [9.17, 15) is 9.59 Å². The molecule has 1 unspecified atom stereocenters. The number of nitrogens with zero attached hydrogens (tertiary/aromatic N) is 2. The molecule has 2 aliphatic heterocycles. The topological polar surface area (TPSA) is 81.5 Å². The van der Waals surface area contributed by atoms with Gasteiger partial charge in [0.2, 0.25) is 5.76 Å². The Bertz CT molecular complexity index is 1260. The van der Waals surface area contributed by atoms with E-state index in [0.29, 0.717) is 60.9 Å². The largest absolute Gasteiger partial charge is 0.496 e. The fourth-order valence-electron chi connectivity index (χ4n) is 4.78. The second-order valence-corrected chi connectivity index (χ2v) is 8.36. The van der Waals surface area contributed by atoms with E-state index < -0.39 is 6.04 Å². The van der Waals surface area contributed by atoms with Gasteiger partial charge in [0.1, 0.15) is 17.1 Å². The lowest BCUT2D eigenvalue weighted by Gasteiger charge is -2.31. The fourth-order valence-corrected chi connectivity index (χ4v) is 4.78. The van der Waals surface area contributed by atoms with Crippen molar-refractivity contribution in [2.75, 3.05) is 53.1 Å². The summed E-state index contributed by atoms with van der Waals surface area (Å²) >= 11 is 0. The zero-order chi connectivity index (χ0) is 23.7. The van der Waals surface area contributed by atoms with Crippen LogP contribution in [0, 0.1) is 0 Å². The Labute approximate surface area is 197 Å². The Kier molecular flexibility index (Phi) is 6.26. The first-order valence-electron chi connectivity index (χ1n) is 11.6. The quantitative estimate of drug-likeness (QED) is 0.532. The van der Waals surface area contributed by atoms with E-state index in [0.717, 1.165) is 18.7 Å². The summed E-state index contributed by atoms with van der Waals surface area (Å²) in [6.45, 7) is 6.49. The van der Waals surface area contributed by atoms with E-state index in [4.69, 9.17) is 18.6 Å². The number of rotatable bonds is 7. The molecule has 8 nitrogen and oxygen atoms in total. The summed E-state index contributed by atoms with van der Waals surface area (Å²) in [6.07, 6.45) is 0. The molecule has 178 valence electrons. The molecule has 0 N–H and O–H groups in total. The third-order valence-corrected chi connectivity index (χ3v) is 6.44. The minimum absolute atomic E-state index is 0.0871. The number of fused-ring (bicyclic) bond motifs is 2. The summed E-state index contributed by atoms with van der Waals surface area (Å²) in [7, 11) is 1.59. The first-order valence-corrected chi connectivity index (χ1v) is 11.6. The predicted octanol–water partition coefficient (Wildman–Crippen LogP) is 3.08. The van der Waals surface area contributed by atoms with Crippen molar-refractivity contribution in [2.45, 2.75) is 13.0 Å². The van der Waals surface area contributed by atoms with Crippen LogP contribution in [0.1, 0.15) is 34.6 Å². The molecule has 2 aromatic carbocycles. The fraction of sp³-hybridized carbons (Fsp3) is 0.385. The normalized spacial score (nSPS) is 18.4. The van der Waals surface area contributed by atoms with Crippen molar-refractivity contribution >= 4 is 16.9 Å². The zero-order valence-electron chi connectivity index (χ0n) is 19.4. The highest BCUT2D eigenvalue weighted by atomic mass is 16.5. The highest BCUT2D eigenvalue weighted by Crippen LogP contribution is 2.41. The van der Waals surface area contributed by atoms with Crippen molar-refractivity contribution < 1.29 is 23.4 Å². The summed E-state index contributed by atoms with van der Waals surface area (Å²) in [4.78, 5) is 31.4. The van der Waals surface area contributed by atoms with Crippen LogP contribution in [0.4, 0.5) is 0 Å². The van der Waals surface area contributed by atoms with Gasteiger partial charge in [-0.05, 0) is 25.1 Å². The number of morpholine rings is 1. The summed E-state index contributed by atoms with van der Waals surface area (Å²) in [5.74, 6) is 1.01. The van der Waals surface area contributed by atoms with Crippen molar-refractivity contribution in [3.05, 3.63) is 69.6 Å². The molecule has 3 heterocycles. The number of carbonyl (C=O) groups excluding carboxylic acids is 1. The molecule has 1 amide bonds. The summed E-state index contributed by atoms with van der Waals surface area (Å²) in [5.41, 5.74) is 1.25. The lowest BCUT2D eigenvalue weighted by molar-refractivity contribution is 0.0314. The average molecular weight is 465 g/mol. The van der Waals surface area contributed by atoms with Gasteiger partial charge in [0.25, 0.3) is 5.91 Å². The van der Waals surface area contributed by atoms with Crippen LogP contribution in [0.5, 0.6) is 11.5 Å². The lowest BCUT2D eigenvalue weighted by atomic mass is 9.97. The number of amides is 1. The first-order chi connectivity index (χ1) is 16.6. The number of hydrogen-bond donors (Lipinski definition) is 0. The number of benzene rings is 2. The molecule has 0 bridgehead atoms. The molecule has 1 fully saturated rings. The van der Waals surface area contributed by atoms with Gasteiger partial charge in [0.05, 0.1) is 43.9 Å². The molecule has 5 rings (SSSR count). The second-order valence-electron chi connectivity index (χ2n) is 8.36. The van der Waals surface area contributed by atoms with Gasteiger partial charge < -0.3 is 23.5 Å². The molecule has 3 aromatic rings.